The Balaban J connectivity index is 1.72. The van der Waals surface area contributed by atoms with Crippen molar-refractivity contribution in [2.75, 3.05) is 20.2 Å². The Bertz CT molecular complexity index is 627. The smallest absolute Gasteiger partial charge is 0.253 e. The predicted octanol–water partition coefficient (Wildman–Crippen LogP) is 3.31. The molecule has 5 heteroatoms. The molecule has 1 aromatic heterocycles. The van der Waals surface area contributed by atoms with E-state index in [2.05, 4.69) is 4.98 Å². The first-order valence-electron chi connectivity index (χ1n) is 7.54. The molecule has 0 aliphatic carbocycles. The van der Waals surface area contributed by atoms with Crippen LogP contribution in [0.4, 0.5) is 0 Å². The van der Waals surface area contributed by atoms with Crippen molar-refractivity contribution in [2.45, 2.75) is 25.4 Å². The summed E-state index contributed by atoms with van der Waals surface area (Å²) in [7, 11) is 1.66. The summed E-state index contributed by atoms with van der Waals surface area (Å²) in [4.78, 5) is 19.1. The maximum Gasteiger partial charge on any atom is 0.253 e. The zero-order valence-corrected chi connectivity index (χ0v) is 13.5. The number of hydrogen-bond acceptors (Lipinski definition) is 4. The van der Waals surface area contributed by atoms with Crippen LogP contribution in [-0.4, -0.2) is 36.0 Å². The second-order valence-electron chi connectivity index (χ2n) is 5.59. The fourth-order valence-corrected chi connectivity index (χ4v) is 3.71. The first-order valence-corrected chi connectivity index (χ1v) is 8.42. The molecule has 0 N–H and O–H groups in total. The Labute approximate surface area is 134 Å². The molecule has 0 spiro atoms. The molecule has 1 aliphatic heterocycles. The van der Waals surface area contributed by atoms with Gasteiger partial charge in [0.2, 0.25) is 0 Å². The highest BCUT2D eigenvalue weighted by atomic mass is 32.1. The maximum atomic E-state index is 12.7. The number of aromatic nitrogens is 1. The first-order chi connectivity index (χ1) is 10.8. The molecule has 1 atom stereocenters. The van der Waals surface area contributed by atoms with E-state index in [0.717, 1.165) is 42.1 Å². The molecule has 1 aliphatic rings. The zero-order valence-electron chi connectivity index (χ0n) is 12.7. The van der Waals surface area contributed by atoms with Crippen LogP contribution in [-0.2, 0) is 11.3 Å². The van der Waals surface area contributed by atoms with Gasteiger partial charge in [0, 0.05) is 43.3 Å². The topological polar surface area (TPSA) is 42.4 Å². The second-order valence-corrected chi connectivity index (χ2v) is 6.52. The Morgan fingerprint density at radius 3 is 3.18 bits per heavy atom. The van der Waals surface area contributed by atoms with Gasteiger partial charge >= 0.3 is 0 Å². The minimum Gasteiger partial charge on any atom is -0.380 e. The number of ether oxygens (including phenoxy) is 1. The third-order valence-corrected chi connectivity index (χ3v) is 4.93. The molecule has 116 valence electrons. The number of piperidine rings is 1. The van der Waals surface area contributed by atoms with Gasteiger partial charge in [-0.05, 0) is 30.5 Å². The summed E-state index contributed by atoms with van der Waals surface area (Å²) >= 11 is 1.68. The van der Waals surface area contributed by atoms with Gasteiger partial charge in [-0.15, -0.1) is 11.3 Å². The van der Waals surface area contributed by atoms with Gasteiger partial charge in [-0.1, -0.05) is 12.1 Å². The minimum atomic E-state index is 0.110. The second kappa shape index (κ2) is 7.03. The number of benzene rings is 1. The summed E-state index contributed by atoms with van der Waals surface area (Å²) in [6, 6.07) is 7.71. The molecule has 1 saturated heterocycles. The number of thiazole rings is 1. The van der Waals surface area contributed by atoms with Crippen molar-refractivity contribution >= 4 is 17.2 Å². The monoisotopic (exact) mass is 316 g/mol. The van der Waals surface area contributed by atoms with Crippen LogP contribution >= 0.6 is 11.3 Å². The van der Waals surface area contributed by atoms with Gasteiger partial charge in [-0.25, -0.2) is 4.98 Å². The van der Waals surface area contributed by atoms with Crippen LogP contribution in [0.5, 0.6) is 0 Å². The molecule has 4 nitrogen and oxygen atoms in total. The molecule has 0 bridgehead atoms. The summed E-state index contributed by atoms with van der Waals surface area (Å²) in [5.74, 6) is 0.485. The molecule has 1 fully saturated rings. The van der Waals surface area contributed by atoms with E-state index in [0.29, 0.717) is 12.5 Å². The molecule has 0 radical (unpaired) electrons. The lowest BCUT2D eigenvalue weighted by Gasteiger charge is -2.32. The van der Waals surface area contributed by atoms with Crippen LogP contribution in [0.3, 0.4) is 0 Å². The average Bonchev–Trinajstić information content (AvgIpc) is 3.09. The number of methoxy groups -OCH3 is 1. The number of rotatable bonds is 4. The quantitative estimate of drug-likeness (QED) is 0.869. The standard InChI is InChI=1S/C17H20N2O2S/c1-21-12-13-4-2-5-14(10-13)17(20)19-8-3-6-15(11-19)16-18-7-9-22-16/h2,4-5,7,9-10,15H,3,6,8,11-12H2,1H3. The molecule has 1 aromatic carbocycles. The van der Waals surface area contributed by atoms with Crippen molar-refractivity contribution in [3.8, 4) is 0 Å². The van der Waals surface area contributed by atoms with E-state index in [1.54, 1.807) is 18.4 Å². The molecule has 2 heterocycles. The molecule has 3 rings (SSSR count). The highest BCUT2D eigenvalue weighted by molar-refractivity contribution is 7.09. The normalized spacial score (nSPS) is 18.4. The van der Waals surface area contributed by atoms with Crippen LogP contribution in [0, 0.1) is 0 Å². The summed E-state index contributed by atoms with van der Waals surface area (Å²) in [6.45, 7) is 2.12. The van der Waals surface area contributed by atoms with Crippen molar-refractivity contribution in [2.24, 2.45) is 0 Å². The SMILES string of the molecule is COCc1cccc(C(=O)N2CCCC(c3nccs3)C2)c1. The Morgan fingerprint density at radius 1 is 1.50 bits per heavy atom. The van der Waals surface area contributed by atoms with Crippen molar-refractivity contribution in [1.82, 2.24) is 9.88 Å². The van der Waals surface area contributed by atoms with Gasteiger partial charge < -0.3 is 9.64 Å². The summed E-state index contributed by atoms with van der Waals surface area (Å²) < 4.78 is 5.14. The number of carbonyl (C=O) groups excluding carboxylic acids is 1. The fraction of sp³-hybridized carbons (Fsp3) is 0.412. The van der Waals surface area contributed by atoms with E-state index in [-0.39, 0.29) is 5.91 Å². The Morgan fingerprint density at radius 2 is 2.41 bits per heavy atom. The van der Waals surface area contributed by atoms with Gasteiger partial charge in [-0.3, -0.25) is 4.79 Å². The van der Waals surface area contributed by atoms with Gasteiger partial charge in [0.05, 0.1) is 11.6 Å². The van der Waals surface area contributed by atoms with Gasteiger partial charge in [0.25, 0.3) is 5.91 Å². The van der Waals surface area contributed by atoms with E-state index in [9.17, 15) is 4.79 Å². The minimum absolute atomic E-state index is 0.110. The highest BCUT2D eigenvalue weighted by Gasteiger charge is 2.26. The Kier molecular flexibility index (Phi) is 4.85. The van der Waals surface area contributed by atoms with Crippen molar-refractivity contribution in [1.29, 1.82) is 0 Å². The van der Waals surface area contributed by atoms with Crippen LogP contribution in [0.15, 0.2) is 35.8 Å². The van der Waals surface area contributed by atoms with Gasteiger partial charge in [-0.2, -0.15) is 0 Å². The molecule has 1 amide bonds. The lowest BCUT2D eigenvalue weighted by Crippen LogP contribution is -2.39. The van der Waals surface area contributed by atoms with Crippen LogP contribution < -0.4 is 0 Å². The molecular weight excluding hydrogens is 296 g/mol. The number of nitrogens with zero attached hydrogens (tertiary/aromatic N) is 2. The van der Waals surface area contributed by atoms with Crippen LogP contribution in [0.1, 0.15) is 39.7 Å². The molecule has 22 heavy (non-hydrogen) atoms. The zero-order chi connectivity index (χ0) is 15.4. The fourth-order valence-electron chi connectivity index (χ4n) is 2.94. The van der Waals surface area contributed by atoms with E-state index in [4.69, 9.17) is 4.74 Å². The number of amides is 1. The van der Waals surface area contributed by atoms with Crippen molar-refractivity contribution < 1.29 is 9.53 Å². The van der Waals surface area contributed by atoms with E-state index in [1.807, 2.05) is 40.7 Å². The molecule has 2 aromatic rings. The average molecular weight is 316 g/mol. The summed E-state index contributed by atoms with van der Waals surface area (Å²) in [6.07, 6.45) is 3.99. The maximum absolute atomic E-state index is 12.7. The van der Waals surface area contributed by atoms with E-state index in [1.165, 1.54) is 0 Å². The van der Waals surface area contributed by atoms with Crippen LogP contribution in [0.25, 0.3) is 0 Å². The molecular formula is C17H20N2O2S. The number of likely N-dealkylation sites (tertiary alicyclic amines) is 1. The first kappa shape index (κ1) is 15.2. The van der Waals surface area contributed by atoms with Crippen molar-refractivity contribution in [3.05, 3.63) is 52.0 Å². The van der Waals surface area contributed by atoms with E-state index < -0.39 is 0 Å². The third kappa shape index (κ3) is 3.36. The largest absolute Gasteiger partial charge is 0.380 e. The van der Waals surface area contributed by atoms with Crippen LogP contribution in [0.2, 0.25) is 0 Å². The molecule has 0 saturated carbocycles. The number of hydrogen-bond donors (Lipinski definition) is 0. The van der Waals surface area contributed by atoms with Crippen molar-refractivity contribution in [3.63, 3.8) is 0 Å². The van der Waals surface area contributed by atoms with Gasteiger partial charge in [0.15, 0.2) is 0 Å². The summed E-state index contributed by atoms with van der Waals surface area (Å²) in [5, 5.41) is 3.15. The molecule has 1 unspecified atom stereocenters. The predicted molar refractivity (Wildman–Crippen MR) is 87.1 cm³/mol. The third-order valence-electron chi connectivity index (χ3n) is 3.99. The highest BCUT2D eigenvalue weighted by Crippen LogP contribution is 2.29. The van der Waals surface area contributed by atoms with Gasteiger partial charge in [0.1, 0.15) is 0 Å². The summed E-state index contributed by atoms with van der Waals surface area (Å²) in [5.41, 5.74) is 1.77. The number of carbonyl (C=O) groups is 1. The Hall–Kier alpha value is -1.72. The van der Waals surface area contributed by atoms with E-state index >= 15 is 0 Å². The lowest BCUT2D eigenvalue weighted by molar-refractivity contribution is 0.0706. The lowest BCUT2D eigenvalue weighted by atomic mass is 9.98.